The van der Waals surface area contributed by atoms with E-state index in [0.29, 0.717) is 23.8 Å². The van der Waals surface area contributed by atoms with E-state index < -0.39 is 5.60 Å². The summed E-state index contributed by atoms with van der Waals surface area (Å²) >= 11 is 0. The molecule has 30 heavy (non-hydrogen) atoms. The number of benzene rings is 1. The van der Waals surface area contributed by atoms with Crippen molar-refractivity contribution in [2.45, 2.75) is 25.0 Å². The fourth-order valence-electron chi connectivity index (χ4n) is 5.29. The number of ether oxygens (including phenoxy) is 2. The lowest BCUT2D eigenvalue weighted by Crippen LogP contribution is -2.35. The Morgan fingerprint density at radius 1 is 1.13 bits per heavy atom. The Bertz CT molecular complexity index is 1070. The van der Waals surface area contributed by atoms with Gasteiger partial charge in [0.05, 0.1) is 25.3 Å². The van der Waals surface area contributed by atoms with Gasteiger partial charge in [-0.3, -0.25) is 9.88 Å². The first kappa shape index (κ1) is 19.2. The summed E-state index contributed by atoms with van der Waals surface area (Å²) in [6.07, 6.45) is 5.17. The molecule has 1 aliphatic carbocycles. The van der Waals surface area contributed by atoms with Crippen LogP contribution in [-0.4, -0.2) is 52.3 Å². The van der Waals surface area contributed by atoms with Crippen LogP contribution in [0.25, 0.3) is 10.9 Å². The number of nitrogens with zero attached hydrogens (tertiary/aromatic N) is 4. The van der Waals surface area contributed by atoms with Gasteiger partial charge >= 0.3 is 6.01 Å². The number of fused-ring (bicyclic) bond motifs is 2. The second-order valence-corrected chi connectivity index (χ2v) is 8.30. The smallest absolute Gasteiger partial charge is 0.319 e. The molecule has 0 unspecified atom stereocenters. The number of hydrogen-bond donors (Lipinski definition) is 1. The first-order valence-corrected chi connectivity index (χ1v) is 10.3. The minimum atomic E-state index is -0.992. The maximum atomic E-state index is 11.7. The fraction of sp³-hybridized carbons (Fsp3) is 0.435. The number of aliphatic hydroxyl groups is 1. The van der Waals surface area contributed by atoms with E-state index in [1.165, 1.54) is 12.7 Å². The Balaban J connectivity index is 1.40. The van der Waals surface area contributed by atoms with Gasteiger partial charge in [0.2, 0.25) is 5.88 Å². The minimum absolute atomic E-state index is 0.117. The standard InChI is InChI=1S/C23H26N4O3/c1-29-21-18(11-25-22(26-21)30-2)23(28)9-8-16-12-27(14-19(16)23)13-17-6-3-5-15-7-4-10-24-20(15)17/h3-7,10-11,16,19,28H,8-9,12-14H2,1-2H3/t16-,19+,23+/m0/s1. The molecular weight excluding hydrogens is 380 g/mol. The highest BCUT2D eigenvalue weighted by Gasteiger charge is 2.53. The van der Waals surface area contributed by atoms with Crippen LogP contribution in [0.3, 0.4) is 0 Å². The molecule has 1 aliphatic heterocycles. The van der Waals surface area contributed by atoms with Crippen molar-refractivity contribution in [2.75, 3.05) is 27.3 Å². The third-order valence-corrected chi connectivity index (χ3v) is 6.71. The van der Waals surface area contributed by atoms with Crippen LogP contribution in [0.15, 0.2) is 42.7 Å². The van der Waals surface area contributed by atoms with Crippen molar-refractivity contribution in [1.29, 1.82) is 0 Å². The lowest BCUT2D eigenvalue weighted by atomic mass is 9.83. The molecule has 0 radical (unpaired) electrons. The molecule has 5 rings (SSSR count). The molecule has 3 atom stereocenters. The molecule has 2 fully saturated rings. The third-order valence-electron chi connectivity index (χ3n) is 6.71. The Morgan fingerprint density at radius 3 is 2.83 bits per heavy atom. The van der Waals surface area contributed by atoms with Crippen molar-refractivity contribution in [1.82, 2.24) is 19.9 Å². The van der Waals surface area contributed by atoms with E-state index in [-0.39, 0.29) is 11.9 Å². The molecule has 2 aromatic heterocycles. The first-order chi connectivity index (χ1) is 14.6. The van der Waals surface area contributed by atoms with E-state index in [0.717, 1.165) is 37.0 Å². The number of para-hydroxylation sites is 1. The number of aromatic nitrogens is 3. The van der Waals surface area contributed by atoms with Crippen LogP contribution in [0.2, 0.25) is 0 Å². The monoisotopic (exact) mass is 406 g/mol. The topological polar surface area (TPSA) is 80.6 Å². The molecular formula is C23H26N4O3. The minimum Gasteiger partial charge on any atom is -0.481 e. The van der Waals surface area contributed by atoms with Gasteiger partial charge in [0.15, 0.2) is 0 Å². The lowest BCUT2D eigenvalue weighted by Gasteiger charge is -2.31. The van der Waals surface area contributed by atoms with Crippen molar-refractivity contribution >= 4 is 10.9 Å². The highest BCUT2D eigenvalue weighted by molar-refractivity contribution is 5.81. The molecule has 1 aromatic carbocycles. The van der Waals surface area contributed by atoms with Gasteiger partial charge in [-0.15, -0.1) is 0 Å². The second-order valence-electron chi connectivity index (χ2n) is 8.30. The number of hydrogen-bond acceptors (Lipinski definition) is 7. The summed E-state index contributed by atoms with van der Waals surface area (Å²) in [6, 6.07) is 10.6. The highest BCUT2D eigenvalue weighted by Crippen LogP contribution is 2.52. The van der Waals surface area contributed by atoms with Crippen LogP contribution < -0.4 is 9.47 Å². The van der Waals surface area contributed by atoms with Crippen molar-refractivity contribution < 1.29 is 14.6 Å². The molecule has 1 saturated carbocycles. The quantitative estimate of drug-likeness (QED) is 0.698. The van der Waals surface area contributed by atoms with E-state index in [1.54, 1.807) is 13.3 Å². The van der Waals surface area contributed by atoms with Gasteiger partial charge < -0.3 is 14.6 Å². The largest absolute Gasteiger partial charge is 0.481 e. The van der Waals surface area contributed by atoms with E-state index in [9.17, 15) is 5.11 Å². The summed E-state index contributed by atoms with van der Waals surface area (Å²) in [7, 11) is 3.08. The second kappa shape index (κ2) is 7.49. The predicted octanol–water partition coefficient (Wildman–Crippen LogP) is 2.77. The summed E-state index contributed by atoms with van der Waals surface area (Å²) in [6.45, 7) is 2.61. The van der Waals surface area contributed by atoms with Crippen molar-refractivity contribution in [3.05, 3.63) is 53.9 Å². The molecule has 3 aromatic rings. The van der Waals surface area contributed by atoms with Gasteiger partial charge in [-0.1, -0.05) is 24.3 Å². The van der Waals surface area contributed by atoms with E-state index in [1.807, 2.05) is 12.3 Å². The molecule has 1 N–H and O–H groups in total. The van der Waals surface area contributed by atoms with Crippen LogP contribution in [-0.2, 0) is 12.1 Å². The number of methoxy groups -OCH3 is 2. The van der Waals surface area contributed by atoms with Crippen LogP contribution in [0.4, 0.5) is 0 Å². The molecule has 7 nitrogen and oxygen atoms in total. The van der Waals surface area contributed by atoms with Crippen LogP contribution in [0, 0.1) is 11.8 Å². The van der Waals surface area contributed by atoms with Gasteiger partial charge in [-0.05, 0) is 30.4 Å². The van der Waals surface area contributed by atoms with Gasteiger partial charge in [-0.25, -0.2) is 4.98 Å². The van der Waals surface area contributed by atoms with Crippen molar-refractivity contribution in [2.24, 2.45) is 11.8 Å². The summed E-state index contributed by atoms with van der Waals surface area (Å²) in [5, 5.41) is 12.9. The first-order valence-electron chi connectivity index (χ1n) is 10.3. The number of rotatable bonds is 5. The van der Waals surface area contributed by atoms with Crippen LogP contribution in [0.5, 0.6) is 11.9 Å². The molecule has 2 aliphatic rings. The Kier molecular flexibility index (Phi) is 4.79. The average molecular weight is 406 g/mol. The molecule has 0 spiro atoms. The van der Waals surface area contributed by atoms with Gasteiger partial charge in [0.25, 0.3) is 0 Å². The zero-order valence-corrected chi connectivity index (χ0v) is 17.3. The van der Waals surface area contributed by atoms with Crippen molar-refractivity contribution in [3.8, 4) is 11.9 Å². The third kappa shape index (κ3) is 3.09. The van der Waals surface area contributed by atoms with Gasteiger partial charge in [0, 0.05) is 43.3 Å². The molecule has 1 saturated heterocycles. The van der Waals surface area contributed by atoms with Crippen LogP contribution in [0.1, 0.15) is 24.0 Å². The molecule has 0 bridgehead atoms. The molecule has 0 amide bonds. The predicted molar refractivity (Wildman–Crippen MR) is 112 cm³/mol. The van der Waals surface area contributed by atoms with E-state index in [2.05, 4.69) is 44.1 Å². The van der Waals surface area contributed by atoms with E-state index >= 15 is 0 Å². The van der Waals surface area contributed by atoms with Gasteiger partial charge in [-0.2, -0.15) is 4.98 Å². The average Bonchev–Trinajstić information content (AvgIpc) is 3.33. The fourth-order valence-corrected chi connectivity index (χ4v) is 5.29. The summed E-state index contributed by atoms with van der Waals surface area (Å²) in [5.74, 6) is 0.942. The van der Waals surface area contributed by atoms with Crippen molar-refractivity contribution in [3.63, 3.8) is 0 Å². The maximum Gasteiger partial charge on any atom is 0.319 e. The Labute approximate surface area is 175 Å². The summed E-state index contributed by atoms with van der Waals surface area (Å²) in [4.78, 5) is 15.6. The normalized spacial score (nSPS) is 26.1. The van der Waals surface area contributed by atoms with Gasteiger partial charge in [0.1, 0.15) is 5.60 Å². The maximum absolute atomic E-state index is 11.7. The SMILES string of the molecule is COc1ncc([C@]2(O)CC[C@H]3CN(Cc4cccc5cccnc45)C[C@H]32)c(OC)n1. The van der Waals surface area contributed by atoms with E-state index in [4.69, 9.17) is 9.47 Å². The molecule has 3 heterocycles. The van der Waals surface area contributed by atoms with Crippen LogP contribution >= 0.6 is 0 Å². The molecule has 156 valence electrons. The Morgan fingerprint density at radius 2 is 2.00 bits per heavy atom. The number of pyridine rings is 1. The molecule has 7 heteroatoms. The summed E-state index contributed by atoms with van der Waals surface area (Å²) < 4.78 is 10.6. The zero-order valence-electron chi connectivity index (χ0n) is 17.3. The Hall–Kier alpha value is -2.77. The summed E-state index contributed by atoms with van der Waals surface area (Å²) in [5.41, 5.74) is 1.94. The highest BCUT2D eigenvalue weighted by atomic mass is 16.5. The number of likely N-dealkylation sites (tertiary alicyclic amines) is 1. The lowest BCUT2D eigenvalue weighted by molar-refractivity contribution is -0.00970. The zero-order chi connectivity index (χ0) is 20.7.